The molecule has 1 heterocycles. The van der Waals surface area contributed by atoms with Crippen molar-refractivity contribution >= 4 is 32.3 Å². The summed E-state index contributed by atoms with van der Waals surface area (Å²) >= 11 is 0. The van der Waals surface area contributed by atoms with Crippen molar-refractivity contribution in [1.82, 2.24) is 4.57 Å². The first-order valence-electron chi connectivity index (χ1n) is 18.3. The molecule has 9 aromatic carbocycles. The second kappa shape index (κ2) is 13.0. The number of aromatic nitrogens is 1. The van der Waals surface area contributed by atoms with Gasteiger partial charge in [-0.1, -0.05) is 188 Å². The van der Waals surface area contributed by atoms with Gasteiger partial charge in [0.15, 0.2) is 0 Å². The van der Waals surface area contributed by atoms with Crippen LogP contribution in [0.4, 0.5) is 0 Å². The molecule has 0 unspecified atom stereocenters. The largest absolute Gasteiger partial charge is 0.309 e. The fourth-order valence-corrected chi connectivity index (χ4v) is 8.27. The Morgan fingerprint density at radius 1 is 0.264 bits per heavy atom. The summed E-state index contributed by atoms with van der Waals surface area (Å²) in [5.74, 6) is 0. The lowest BCUT2D eigenvalue weighted by molar-refractivity contribution is 1.10. The summed E-state index contributed by atoms with van der Waals surface area (Å²) in [4.78, 5) is 0. The molecule has 1 nitrogen and oxygen atoms in total. The minimum atomic E-state index is 1.12. The van der Waals surface area contributed by atoms with E-state index in [-0.39, 0.29) is 0 Å². The van der Waals surface area contributed by atoms with Gasteiger partial charge in [0.2, 0.25) is 0 Å². The molecule has 0 amide bonds. The SMILES string of the molecule is c1ccc(-c2ccc3ccccc3c2-c2c3ccccc3c(-c3ccccc3)c3cc(-n4c(-c5ccccc5)ccc4-c4ccccc4)ccc23)cc1. The summed E-state index contributed by atoms with van der Waals surface area (Å²) < 4.78 is 2.43. The number of fused-ring (bicyclic) bond motifs is 3. The Labute approximate surface area is 309 Å². The van der Waals surface area contributed by atoms with Gasteiger partial charge in [-0.3, -0.25) is 0 Å². The number of rotatable bonds is 6. The lowest BCUT2D eigenvalue weighted by Gasteiger charge is -2.22. The number of hydrogen-bond donors (Lipinski definition) is 0. The molecular weight excluding hydrogens is 639 g/mol. The van der Waals surface area contributed by atoms with Crippen molar-refractivity contribution in [3.05, 3.63) is 212 Å². The summed E-state index contributed by atoms with van der Waals surface area (Å²) in [6.45, 7) is 0. The molecule has 10 rings (SSSR count). The molecule has 0 fully saturated rings. The van der Waals surface area contributed by atoms with Crippen LogP contribution < -0.4 is 0 Å². The Kier molecular flexibility index (Phi) is 7.55. The lowest BCUT2D eigenvalue weighted by atomic mass is 9.82. The maximum absolute atomic E-state index is 2.43. The quantitative estimate of drug-likeness (QED) is 0.155. The van der Waals surface area contributed by atoms with Crippen LogP contribution in [-0.2, 0) is 0 Å². The van der Waals surface area contributed by atoms with Crippen molar-refractivity contribution in [3.8, 4) is 61.6 Å². The molecule has 0 N–H and O–H groups in total. The zero-order valence-corrected chi connectivity index (χ0v) is 29.2. The molecule has 1 heteroatoms. The highest BCUT2D eigenvalue weighted by atomic mass is 15.0. The van der Waals surface area contributed by atoms with E-state index >= 15 is 0 Å². The van der Waals surface area contributed by atoms with E-state index in [1.165, 1.54) is 76.8 Å². The third-order valence-electron chi connectivity index (χ3n) is 10.6. The van der Waals surface area contributed by atoms with Crippen LogP contribution in [0.1, 0.15) is 0 Å². The summed E-state index contributed by atoms with van der Waals surface area (Å²) in [5, 5.41) is 7.42. The molecule has 0 saturated heterocycles. The Morgan fingerprint density at radius 2 is 0.736 bits per heavy atom. The van der Waals surface area contributed by atoms with Crippen LogP contribution in [0.2, 0.25) is 0 Å². The van der Waals surface area contributed by atoms with E-state index in [0.717, 1.165) is 17.1 Å². The van der Waals surface area contributed by atoms with Gasteiger partial charge < -0.3 is 4.57 Å². The minimum Gasteiger partial charge on any atom is -0.309 e. The average molecular weight is 674 g/mol. The van der Waals surface area contributed by atoms with Crippen molar-refractivity contribution in [2.24, 2.45) is 0 Å². The highest BCUT2D eigenvalue weighted by molar-refractivity contribution is 6.25. The van der Waals surface area contributed by atoms with Crippen LogP contribution >= 0.6 is 0 Å². The van der Waals surface area contributed by atoms with Crippen LogP contribution in [0.5, 0.6) is 0 Å². The van der Waals surface area contributed by atoms with Crippen LogP contribution in [0.25, 0.3) is 93.9 Å². The van der Waals surface area contributed by atoms with E-state index in [1.807, 2.05) is 0 Å². The maximum Gasteiger partial charge on any atom is 0.0535 e. The van der Waals surface area contributed by atoms with Crippen molar-refractivity contribution in [1.29, 1.82) is 0 Å². The fourth-order valence-electron chi connectivity index (χ4n) is 8.27. The Bertz CT molecular complexity index is 2850. The highest BCUT2D eigenvalue weighted by Crippen LogP contribution is 2.49. The third-order valence-corrected chi connectivity index (χ3v) is 10.6. The number of hydrogen-bond acceptors (Lipinski definition) is 0. The van der Waals surface area contributed by atoms with Crippen LogP contribution in [0, 0.1) is 0 Å². The Hall–Kier alpha value is -6.96. The highest BCUT2D eigenvalue weighted by Gasteiger charge is 2.22. The minimum absolute atomic E-state index is 1.12. The molecule has 0 aliphatic rings. The van der Waals surface area contributed by atoms with Crippen molar-refractivity contribution in [3.63, 3.8) is 0 Å². The standard InChI is InChI=1S/C52H35N/c1-5-17-36(18-6-1)43-31-29-37-19-13-14-26-42(37)51(43)52-45-28-16-15-27-44(45)50(40-24-11-4-12-25-40)47-35-41(30-32-46(47)52)53-48(38-20-7-2-8-21-38)33-34-49(53)39-22-9-3-10-23-39/h1-35H. The van der Waals surface area contributed by atoms with Crippen LogP contribution in [0.3, 0.4) is 0 Å². The topological polar surface area (TPSA) is 4.93 Å². The smallest absolute Gasteiger partial charge is 0.0535 e. The van der Waals surface area contributed by atoms with Gasteiger partial charge in [-0.15, -0.1) is 0 Å². The molecule has 1 aromatic heterocycles. The van der Waals surface area contributed by atoms with Crippen molar-refractivity contribution < 1.29 is 0 Å². The zero-order valence-electron chi connectivity index (χ0n) is 29.2. The molecule has 0 radical (unpaired) electrons. The Morgan fingerprint density at radius 3 is 1.34 bits per heavy atom. The van der Waals surface area contributed by atoms with Gasteiger partial charge in [-0.05, 0) is 101 Å². The summed E-state index contributed by atoms with van der Waals surface area (Å²) in [5.41, 5.74) is 13.2. The number of benzene rings is 9. The monoisotopic (exact) mass is 673 g/mol. The van der Waals surface area contributed by atoms with Gasteiger partial charge in [-0.25, -0.2) is 0 Å². The van der Waals surface area contributed by atoms with Crippen molar-refractivity contribution in [2.75, 3.05) is 0 Å². The van der Waals surface area contributed by atoms with E-state index in [4.69, 9.17) is 0 Å². The van der Waals surface area contributed by atoms with Crippen LogP contribution in [-0.4, -0.2) is 4.57 Å². The van der Waals surface area contributed by atoms with Gasteiger partial charge in [-0.2, -0.15) is 0 Å². The summed E-state index contributed by atoms with van der Waals surface area (Å²) in [6, 6.07) is 77.3. The van der Waals surface area contributed by atoms with E-state index in [9.17, 15) is 0 Å². The van der Waals surface area contributed by atoms with Crippen molar-refractivity contribution in [2.45, 2.75) is 0 Å². The molecule has 10 aromatic rings. The first-order valence-corrected chi connectivity index (χ1v) is 18.3. The normalized spacial score (nSPS) is 11.4. The van der Waals surface area contributed by atoms with E-state index in [0.29, 0.717) is 0 Å². The van der Waals surface area contributed by atoms with Gasteiger partial charge in [0.1, 0.15) is 0 Å². The predicted octanol–water partition coefficient (Wildman–Crippen LogP) is 14.3. The predicted molar refractivity (Wildman–Crippen MR) is 225 cm³/mol. The molecule has 0 spiro atoms. The van der Waals surface area contributed by atoms with Gasteiger partial charge in [0, 0.05) is 5.69 Å². The molecule has 0 aliphatic heterocycles. The van der Waals surface area contributed by atoms with E-state index in [2.05, 4.69) is 217 Å². The maximum atomic E-state index is 2.43. The summed E-state index contributed by atoms with van der Waals surface area (Å²) in [6.07, 6.45) is 0. The molecule has 248 valence electrons. The molecule has 0 aliphatic carbocycles. The summed E-state index contributed by atoms with van der Waals surface area (Å²) in [7, 11) is 0. The molecule has 0 saturated carbocycles. The molecular formula is C52H35N. The molecule has 0 atom stereocenters. The Balaban J connectivity index is 1.36. The van der Waals surface area contributed by atoms with Gasteiger partial charge in [0.25, 0.3) is 0 Å². The van der Waals surface area contributed by atoms with Gasteiger partial charge >= 0.3 is 0 Å². The average Bonchev–Trinajstić information content (AvgIpc) is 3.69. The lowest BCUT2D eigenvalue weighted by Crippen LogP contribution is -2.01. The third kappa shape index (κ3) is 5.25. The second-order valence-electron chi connectivity index (χ2n) is 13.6. The first-order chi connectivity index (χ1) is 26.3. The zero-order chi connectivity index (χ0) is 35.1. The van der Waals surface area contributed by atoms with Gasteiger partial charge in [0.05, 0.1) is 11.4 Å². The number of nitrogens with zero attached hydrogens (tertiary/aromatic N) is 1. The van der Waals surface area contributed by atoms with Crippen LogP contribution in [0.15, 0.2) is 212 Å². The van der Waals surface area contributed by atoms with E-state index in [1.54, 1.807) is 0 Å². The fraction of sp³-hybridized carbons (Fsp3) is 0. The second-order valence-corrected chi connectivity index (χ2v) is 13.6. The molecule has 0 bridgehead atoms. The first kappa shape index (κ1) is 30.8. The van der Waals surface area contributed by atoms with E-state index < -0.39 is 0 Å². The molecule has 53 heavy (non-hydrogen) atoms.